The quantitative estimate of drug-likeness (QED) is 0.907. The van der Waals surface area contributed by atoms with Crippen molar-refractivity contribution in [1.82, 2.24) is 4.90 Å². The molecule has 1 fully saturated rings. The molecule has 0 aliphatic carbocycles. The fourth-order valence-electron chi connectivity index (χ4n) is 2.42. The number of carbonyl (C=O) groups is 1. The molecular weight excluding hydrogens is 298 g/mol. The van der Waals surface area contributed by atoms with Crippen LogP contribution in [0, 0.1) is 5.92 Å². The first-order valence-electron chi connectivity index (χ1n) is 6.32. The van der Waals surface area contributed by atoms with Gasteiger partial charge in [-0.15, -0.1) is 0 Å². The van der Waals surface area contributed by atoms with Crippen LogP contribution in [-0.2, 0) is 11.3 Å². The first-order valence-corrected chi connectivity index (χ1v) is 7.11. The minimum absolute atomic E-state index is 0.301. The predicted molar refractivity (Wildman–Crippen MR) is 71.3 cm³/mol. The lowest BCUT2D eigenvalue weighted by atomic mass is 9.92. The Labute approximate surface area is 115 Å². The second kappa shape index (κ2) is 6.38. The lowest BCUT2D eigenvalue weighted by Gasteiger charge is -2.31. The summed E-state index contributed by atoms with van der Waals surface area (Å²) in [4.78, 5) is 12.9. The minimum Gasteiger partial charge on any atom is -0.481 e. The highest BCUT2D eigenvalue weighted by atomic mass is 79.9. The lowest BCUT2D eigenvalue weighted by Crippen LogP contribution is -2.33. The zero-order valence-electron chi connectivity index (χ0n) is 10.3. The van der Waals surface area contributed by atoms with Gasteiger partial charge in [0.1, 0.15) is 5.76 Å². The Morgan fingerprint density at radius 2 is 2.17 bits per heavy atom. The van der Waals surface area contributed by atoms with Crippen molar-refractivity contribution in [2.45, 2.75) is 32.2 Å². The maximum atomic E-state index is 10.5. The molecule has 1 aliphatic rings. The molecule has 0 atom stereocenters. The summed E-state index contributed by atoms with van der Waals surface area (Å²) in [5.41, 5.74) is 0. The Balaban J connectivity index is 1.71. The van der Waals surface area contributed by atoms with E-state index in [1.165, 1.54) is 0 Å². The van der Waals surface area contributed by atoms with Crippen molar-refractivity contribution in [3.63, 3.8) is 0 Å². The zero-order chi connectivity index (χ0) is 13.0. The maximum Gasteiger partial charge on any atom is 0.303 e. The van der Waals surface area contributed by atoms with Crippen LogP contribution in [0.5, 0.6) is 0 Å². The standard InChI is InChI=1S/C13H18BrNO3/c14-12-3-2-11(18-12)9-15-7-5-10(6-8-15)1-4-13(16)17/h2-3,10H,1,4-9H2,(H,16,17). The first kappa shape index (κ1) is 13.6. The van der Waals surface area contributed by atoms with E-state index in [0.717, 1.165) is 49.3 Å². The predicted octanol–water partition coefficient (Wildman–Crippen LogP) is 3.12. The van der Waals surface area contributed by atoms with Gasteiger partial charge in [-0.2, -0.15) is 0 Å². The molecule has 1 aliphatic heterocycles. The molecule has 0 bridgehead atoms. The van der Waals surface area contributed by atoms with Crippen LogP contribution in [0.1, 0.15) is 31.4 Å². The van der Waals surface area contributed by atoms with Gasteiger partial charge in [0, 0.05) is 6.42 Å². The summed E-state index contributed by atoms with van der Waals surface area (Å²) in [5, 5.41) is 8.67. The highest BCUT2D eigenvalue weighted by Crippen LogP contribution is 2.24. The van der Waals surface area contributed by atoms with E-state index < -0.39 is 5.97 Å². The van der Waals surface area contributed by atoms with Crippen molar-refractivity contribution in [3.05, 3.63) is 22.6 Å². The highest BCUT2D eigenvalue weighted by Gasteiger charge is 2.20. The van der Waals surface area contributed by atoms with Crippen LogP contribution in [0.2, 0.25) is 0 Å². The SMILES string of the molecule is O=C(O)CCC1CCN(Cc2ccc(Br)o2)CC1. The Hall–Kier alpha value is -0.810. The molecule has 0 aromatic carbocycles. The van der Waals surface area contributed by atoms with Gasteiger partial charge in [0.05, 0.1) is 6.54 Å². The number of nitrogens with zero attached hydrogens (tertiary/aromatic N) is 1. The van der Waals surface area contributed by atoms with Gasteiger partial charge < -0.3 is 9.52 Å². The molecule has 1 aromatic rings. The summed E-state index contributed by atoms with van der Waals surface area (Å²) in [5.74, 6) is 0.865. The smallest absolute Gasteiger partial charge is 0.303 e. The van der Waals surface area contributed by atoms with Gasteiger partial charge in [0.2, 0.25) is 0 Å². The van der Waals surface area contributed by atoms with Crippen molar-refractivity contribution in [2.24, 2.45) is 5.92 Å². The summed E-state index contributed by atoms with van der Waals surface area (Å²) in [7, 11) is 0. The third-order valence-corrected chi connectivity index (χ3v) is 3.91. The largest absolute Gasteiger partial charge is 0.481 e. The monoisotopic (exact) mass is 315 g/mol. The molecule has 0 unspecified atom stereocenters. The van der Waals surface area contributed by atoms with Crippen LogP contribution in [0.4, 0.5) is 0 Å². The van der Waals surface area contributed by atoms with E-state index in [2.05, 4.69) is 20.8 Å². The molecule has 0 amide bonds. The summed E-state index contributed by atoms with van der Waals surface area (Å²) in [6.07, 6.45) is 3.30. The van der Waals surface area contributed by atoms with Crippen LogP contribution in [-0.4, -0.2) is 29.1 Å². The Bertz CT molecular complexity index is 397. The molecule has 5 heteroatoms. The number of piperidine rings is 1. The number of carboxylic acids is 1. The van der Waals surface area contributed by atoms with E-state index in [1.54, 1.807) is 0 Å². The third kappa shape index (κ3) is 4.14. The highest BCUT2D eigenvalue weighted by molar-refractivity contribution is 9.10. The summed E-state index contributed by atoms with van der Waals surface area (Å²) in [6.45, 7) is 2.91. The van der Waals surface area contributed by atoms with Crippen LogP contribution in [0.15, 0.2) is 21.2 Å². The number of aliphatic carboxylic acids is 1. The van der Waals surface area contributed by atoms with Crippen LogP contribution in [0.3, 0.4) is 0 Å². The zero-order valence-corrected chi connectivity index (χ0v) is 11.9. The average Bonchev–Trinajstić information content (AvgIpc) is 2.74. The van der Waals surface area contributed by atoms with E-state index >= 15 is 0 Å². The Morgan fingerprint density at radius 1 is 1.44 bits per heavy atom. The molecule has 18 heavy (non-hydrogen) atoms. The van der Waals surface area contributed by atoms with E-state index in [4.69, 9.17) is 9.52 Å². The van der Waals surface area contributed by atoms with Crippen molar-refractivity contribution in [3.8, 4) is 0 Å². The fourth-order valence-corrected chi connectivity index (χ4v) is 2.76. The van der Waals surface area contributed by atoms with Gasteiger partial charge in [-0.3, -0.25) is 9.69 Å². The number of furan rings is 1. The molecule has 2 rings (SSSR count). The Kier molecular flexibility index (Phi) is 4.83. The normalized spacial score (nSPS) is 18.1. The number of likely N-dealkylation sites (tertiary alicyclic amines) is 1. The Morgan fingerprint density at radius 3 is 2.72 bits per heavy atom. The van der Waals surface area contributed by atoms with E-state index in [1.807, 2.05) is 12.1 Å². The molecule has 1 saturated heterocycles. The number of halogens is 1. The van der Waals surface area contributed by atoms with Crippen molar-refractivity contribution < 1.29 is 14.3 Å². The molecule has 0 saturated carbocycles. The second-order valence-corrected chi connectivity index (χ2v) is 5.64. The van der Waals surface area contributed by atoms with Gasteiger partial charge in [-0.1, -0.05) is 0 Å². The number of carboxylic acid groups (broad SMARTS) is 1. The maximum absolute atomic E-state index is 10.5. The molecule has 2 heterocycles. The number of hydrogen-bond donors (Lipinski definition) is 1. The van der Waals surface area contributed by atoms with Gasteiger partial charge in [0.25, 0.3) is 0 Å². The molecular formula is C13H18BrNO3. The van der Waals surface area contributed by atoms with Crippen molar-refractivity contribution in [1.29, 1.82) is 0 Å². The summed E-state index contributed by atoms with van der Waals surface area (Å²) >= 11 is 3.30. The van der Waals surface area contributed by atoms with Crippen LogP contribution in [0.25, 0.3) is 0 Å². The average molecular weight is 316 g/mol. The van der Waals surface area contributed by atoms with Crippen molar-refractivity contribution in [2.75, 3.05) is 13.1 Å². The van der Waals surface area contributed by atoms with Gasteiger partial charge in [0.15, 0.2) is 4.67 Å². The van der Waals surface area contributed by atoms with E-state index in [9.17, 15) is 4.79 Å². The number of hydrogen-bond acceptors (Lipinski definition) is 3. The molecule has 100 valence electrons. The minimum atomic E-state index is -0.683. The third-order valence-electron chi connectivity index (χ3n) is 3.48. The number of rotatable bonds is 5. The lowest BCUT2D eigenvalue weighted by molar-refractivity contribution is -0.137. The molecule has 1 aromatic heterocycles. The molecule has 0 radical (unpaired) electrons. The van der Waals surface area contributed by atoms with Gasteiger partial charge >= 0.3 is 5.97 Å². The van der Waals surface area contributed by atoms with E-state index in [-0.39, 0.29) is 0 Å². The van der Waals surface area contributed by atoms with Crippen LogP contribution >= 0.6 is 15.9 Å². The topological polar surface area (TPSA) is 53.7 Å². The second-order valence-electron chi connectivity index (χ2n) is 4.86. The van der Waals surface area contributed by atoms with Crippen LogP contribution < -0.4 is 0 Å². The summed E-state index contributed by atoms with van der Waals surface area (Å²) in [6, 6.07) is 3.90. The van der Waals surface area contributed by atoms with E-state index in [0.29, 0.717) is 12.3 Å². The van der Waals surface area contributed by atoms with Gasteiger partial charge in [-0.25, -0.2) is 0 Å². The first-order chi connectivity index (χ1) is 8.63. The fraction of sp³-hybridized carbons (Fsp3) is 0.615. The molecule has 1 N–H and O–H groups in total. The molecule has 4 nitrogen and oxygen atoms in total. The molecule has 0 spiro atoms. The van der Waals surface area contributed by atoms with Gasteiger partial charge in [-0.05, 0) is 66.3 Å². The van der Waals surface area contributed by atoms with Crippen molar-refractivity contribution >= 4 is 21.9 Å². The summed E-state index contributed by atoms with van der Waals surface area (Å²) < 4.78 is 6.26.